The maximum absolute atomic E-state index is 11.9. The molecule has 208 valence electrons. The van der Waals surface area contributed by atoms with Crippen LogP contribution in [0.25, 0.3) is 21.3 Å². The number of fused-ring (bicyclic) bond motifs is 2. The highest BCUT2D eigenvalue weighted by Gasteiger charge is 2.30. The van der Waals surface area contributed by atoms with Crippen LogP contribution < -0.4 is 9.80 Å². The molecule has 4 heterocycles. The number of hydrogen-bond donors (Lipinski definition) is 1. The van der Waals surface area contributed by atoms with Gasteiger partial charge in [-0.25, -0.2) is 4.98 Å². The minimum Gasteiger partial charge on any atom is -0.481 e. The van der Waals surface area contributed by atoms with E-state index in [-0.39, 0.29) is 6.42 Å². The Kier molecular flexibility index (Phi) is 6.81. The van der Waals surface area contributed by atoms with Crippen LogP contribution in [0.3, 0.4) is 0 Å². The van der Waals surface area contributed by atoms with Crippen LogP contribution in [0.15, 0.2) is 36.4 Å². The summed E-state index contributed by atoms with van der Waals surface area (Å²) in [6.07, 6.45) is 3.12. The monoisotopic (exact) mass is 554 g/mol. The normalized spacial score (nSPS) is 16.8. The molecule has 0 radical (unpaired) electrons. The molecule has 0 spiro atoms. The molecule has 40 heavy (non-hydrogen) atoms. The summed E-state index contributed by atoms with van der Waals surface area (Å²) < 4.78 is 1.23. The molecule has 0 amide bonds. The molecule has 1 saturated heterocycles. The van der Waals surface area contributed by atoms with Gasteiger partial charge in [-0.1, -0.05) is 49.4 Å². The van der Waals surface area contributed by atoms with Crippen molar-refractivity contribution >= 4 is 38.3 Å². The number of aliphatic carboxylic acids is 1. The third kappa shape index (κ3) is 5.07. The minimum absolute atomic E-state index is 0.0110. The number of aryl methyl sites for hydroxylation is 3. The number of hydrogen-bond acceptors (Lipinski definition) is 6. The van der Waals surface area contributed by atoms with E-state index in [9.17, 15) is 9.90 Å². The van der Waals surface area contributed by atoms with Gasteiger partial charge in [0.15, 0.2) is 5.13 Å². The topological polar surface area (TPSA) is 69.6 Å². The predicted octanol–water partition coefficient (Wildman–Crippen LogP) is 7.10. The van der Waals surface area contributed by atoms with Gasteiger partial charge in [-0.3, -0.25) is 9.78 Å². The lowest BCUT2D eigenvalue weighted by atomic mass is 9.82. The van der Waals surface area contributed by atoms with Crippen molar-refractivity contribution in [2.24, 2.45) is 5.41 Å². The van der Waals surface area contributed by atoms with E-state index >= 15 is 0 Å². The van der Waals surface area contributed by atoms with Crippen molar-refractivity contribution in [1.82, 2.24) is 9.97 Å². The van der Waals surface area contributed by atoms with Gasteiger partial charge in [-0.05, 0) is 79.8 Å². The maximum Gasteiger partial charge on any atom is 0.307 e. The summed E-state index contributed by atoms with van der Waals surface area (Å²) in [6, 6.07) is 13.3. The zero-order chi connectivity index (χ0) is 28.2. The molecule has 1 fully saturated rings. The van der Waals surface area contributed by atoms with Gasteiger partial charge in [0.2, 0.25) is 0 Å². The number of thiazole rings is 1. The highest BCUT2D eigenvalue weighted by molar-refractivity contribution is 7.22. The summed E-state index contributed by atoms with van der Waals surface area (Å²) in [5.74, 6) is -0.811. The number of rotatable bonds is 5. The SMILES string of the molecule is Cc1ccc2sc(N3CCc4cc(-c5c(C)nc(C)c(CC(=O)O)c5N5CCC(C)(C)CC5)ccc4C3)nc2c1. The van der Waals surface area contributed by atoms with Crippen molar-refractivity contribution < 1.29 is 9.90 Å². The highest BCUT2D eigenvalue weighted by atomic mass is 32.1. The molecule has 2 aliphatic rings. The minimum atomic E-state index is -0.811. The van der Waals surface area contributed by atoms with Gasteiger partial charge in [0.25, 0.3) is 0 Å². The Hall–Kier alpha value is -3.45. The van der Waals surface area contributed by atoms with E-state index < -0.39 is 5.97 Å². The van der Waals surface area contributed by atoms with E-state index in [0.717, 1.165) is 89.9 Å². The van der Waals surface area contributed by atoms with Crippen molar-refractivity contribution in [3.05, 3.63) is 70.0 Å². The highest BCUT2D eigenvalue weighted by Crippen LogP contribution is 2.42. The summed E-state index contributed by atoms with van der Waals surface area (Å²) in [5.41, 5.74) is 11.2. The number of aromatic nitrogens is 2. The number of carboxylic acid groups (broad SMARTS) is 1. The molecule has 4 aromatic rings. The van der Waals surface area contributed by atoms with E-state index in [1.165, 1.54) is 21.4 Å². The first-order valence-electron chi connectivity index (χ1n) is 14.3. The third-order valence-corrected chi connectivity index (χ3v) is 9.82. The zero-order valence-electron chi connectivity index (χ0n) is 24.2. The van der Waals surface area contributed by atoms with Crippen LogP contribution >= 0.6 is 11.3 Å². The Labute approximate surface area is 240 Å². The van der Waals surface area contributed by atoms with Crippen LogP contribution in [0.1, 0.15) is 60.3 Å². The molecule has 0 atom stereocenters. The molecule has 0 bridgehead atoms. The summed E-state index contributed by atoms with van der Waals surface area (Å²) in [5, 5.41) is 10.9. The van der Waals surface area contributed by atoms with E-state index in [4.69, 9.17) is 9.97 Å². The number of pyridine rings is 1. The number of nitrogens with zero attached hydrogens (tertiary/aromatic N) is 4. The molecular formula is C33H38N4O2S. The maximum atomic E-state index is 11.9. The fourth-order valence-corrected chi connectivity index (χ4v) is 7.26. The van der Waals surface area contributed by atoms with Gasteiger partial charge < -0.3 is 14.9 Å². The molecule has 1 N–H and O–H groups in total. The van der Waals surface area contributed by atoms with Crippen molar-refractivity contribution in [1.29, 1.82) is 0 Å². The Bertz CT molecular complexity index is 1610. The molecular weight excluding hydrogens is 516 g/mol. The van der Waals surface area contributed by atoms with Gasteiger partial charge >= 0.3 is 5.97 Å². The van der Waals surface area contributed by atoms with Crippen LogP contribution in [0.5, 0.6) is 0 Å². The summed E-state index contributed by atoms with van der Waals surface area (Å²) in [4.78, 5) is 26.6. The number of carbonyl (C=O) groups is 1. The van der Waals surface area contributed by atoms with E-state index in [2.05, 4.69) is 73.9 Å². The molecule has 7 heteroatoms. The lowest BCUT2D eigenvalue weighted by Gasteiger charge is -2.40. The third-order valence-electron chi connectivity index (χ3n) is 8.73. The van der Waals surface area contributed by atoms with Gasteiger partial charge in [-0.15, -0.1) is 0 Å². The van der Waals surface area contributed by atoms with E-state index in [1.54, 1.807) is 11.3 Å². The average molecular weight is 555 g/mol. The second-order valence-electron chi connectivity index (χ2n) is 12.3. The zero-order valence-corrected chi connectivity index (χ0v) is 25.0. The Morgan fingerprint density at radius 2 is 1.73 bits per heavy atom. The Balaban J connectivity index is 1.37. The van der Waals surface area contributed by atoms with Gasteiger partial charge in [0, 0.05) is 48.7 Å². The van der Waals surface area contributed by atoms with Crippen molar-refractivity contribution in [3.8, 4) is 11.1 Å². The number of benzene rings is 2. The average Bonchev–Trinajstić information content (AvgIpc) is 3.33. The van der Waals surface area contributed by atoms with Crippen LogP contribution in [0.4, 0.5) is 10.8 Å². The quantitative estimate of drug-likeness (QED) is 0.284. The first-order valence-corrected chi connectivity index (χ1v) is 15.1. The number of piperidine rings is 1. The summed E-state index contributed by atoms with van der Waals surface area (Å²) >= 11 is 1.77. The Morgan fingerprint density at radius 3 is 2.48 bits per heavy atom. The smallest absolute Gasteiger partial charge is 0.307 e. The molecule has 0 saturated carbocycles. The second kappa shape index (κ2) is 10.2. The fourth-order valence-electron chi connectivity index (χ4n) is 6.29. The summed E-state index contributed by atoms with van der Waals surface area (Å²) in [6.45, 7) is 14.4. The lowest BCUT2D eigenvalue weighted by molar-refractivity contribution is -0.136. The largest absolute Gasteiger partial charge is 0.481 e. The van der Waals surface area contributed by atoms with Crippen molar-refractivity contribution in [2.45, 2.75) is 66.8 Å². The van der Waals surface area contributed by atoms with Crippen molar-refractivity contribution in [3.63, 3.8) is 0 Å². The second-order valence-corrected chi connectivity index (χ2v) is 13.3. The predicted molar refractivity (Wildman–Crippen MR) is 165 cm³/mol. The van der Waals surface area contributed by atoms with Gasteiger partial charge in [0.1, 0.15) is 0 Å². The molecule has 0 unspecified atom stereocenters. The van der Waals surface area contributed by atoms with Gasteiger partial charge in [-0.2, -0.15) is 0 Å². The van der Waals surface area contributed by atoms with Crippen LogP contribution in [-0.2, 0) is 24.2 Å². The summed E-state index contributed by atoms with van der Waals surface area (Å²) in [7, 11) is 0. The first-order chi connectivity index (χ1) is 19.1. The van der Waals surface area contributed by atoms with Crippen LogP contribution in [0, 0.1) is 26.2 Å². The molecule has 2 aromatic heterocycles. The molecule has 6 rings (SSSR count). The Morgan fingerprint density at radius 1 is 0.950 bits per heavy atom. The molecule has 2 aromatic carbocycles. The molecule has 0 aliphatic carbocycles. The number of carboxylic acids is 1. The molecule has 6 nitrogen and oxygen atoms in total. The fraction of sp³-hybridized carbons (Fsp3) is 0.424. The standard InChI is InChI=1S/C33H38N4O2S/c1-20-6-9-28-27(16-20)35-32(40-28)37-13-10-23-17-24(7-8-25(23)19-37)30-22(3)34-21(2)26(18-29(38)39)31(30)36-14-11-33(4,5)12-15-36/h6-9,16-17H,10-15,18-19H2,1-5H3,(H,38,39). The van der Waals surface area contributed by atoms with Crippen LogP contribution in [-0.4, -0.2) is 40.7 Å². The van der Waals surface area contributed by atoms with Gasteiger partial charge in [0.05, 0.1) is 22.3 Å². The number of anilines is 2. The van der Waals surface area contributed by atoms with E-state index in [0.29, 0.717) is 5.41 Å². The lowest BCUT2D eigenvalue weighted by Crippen LogP contribution is -2.38. The van der Waals surface area contributed by atoms with Crippen molar-refractivity contribution in [2.75, 3.05) is 29.4 Å². The molecule has 2 aliphatic heterocycles. The van der Waals surface area contributed by atoms with Crippen LogP contribution in [0.2, 0.25) is 0 Å². The first kappa shape index (κ1) is 26.8. The van der Waals surface area contributed by atoms with E-state index in [1.807, 2.05) is 6.92 Å².